The van der Waals surface area contributed by atoms with Crippen molar-refractivity contribution in [2.75, 3.05) is 23.1 Å². The van der Waals surface area contributed by atoms with E-state index < -0.39 is 10.0 Å². The van der Waals surface area contributed by atoms with Crippen molar-refractivity contribution >= 4 is 15.7 Å². The topological polar surface area (TPSA) is 49.4 Å². The van der Waals surface area contributed by atoms with Gasteiger partial charge in [-0.1, -0.05) is 25.1 Å². The van der Waals surface area contributed by atoms with Gasteiger partial charge in [0.25, 0.3) is 0 Å². The van der Waals surface area contributed by atoms with Crippen LogP contribution in [0.4, 0.5) is 5.69 Å². The lowest BCUT2D eigenvalue weighted by Crippen LogP contribution is -2.41. The highest BCUT2D eigenvalue weighted by atomic mass is 32.2. The lowest BCUT2D eigenvalue weighted by Gasteiger charge is -2.29. The second-order valence-corrected chi connectivity index (χ2v) is 6.61. The molecule has 1 saturated heterocycles. The van der Waals surface area contributed by atoms with Crippen molar-refractivity contribution in [2.45, 2.75) is 26.3 Å². The fraction of sp³-hybridized carbons (Fsp3) is 0.538. The Labute approximate surface area is 109 Å². The van der Waals surface area contributed by atoms with E-state index in [-0.39, 0.29) is 11.8 Å². The van der Waals surface area contributed by atoms with E-state index in [0.29, 0.717) is 13.1 Å². The average molecular weight is 268 g/mol. The van der Waals surface area contributed by atoms with Crippen LogP contribution in [0.3, 0.4) is 0 Å². The third-order valence-electron chi connectivity index (χ3n) is 3.29. The maximum Gasteiger partial charge on any atom is 0.236 e. The van der Waals surface area contributed by atoms with Crippen molar-refractivity contribution < 1.29 is 8.42 Å². The third-order valence-corrected chi connectivity index (χ3v) is 5.16. The van der Waals surface area contributed by atoms with Gasteiger partial charge in [0.05, 0.1) is 17.5 Å². The van der Waals surface area contributed by atoms with Gasteiger partial charge in [-0.3, -0.25) is 4.31 Å². The molecule has 1 aromatic rings. The van der Waals surface area contributed by atoms with Crippen molar-refractivity contribution in [3.8, 4) is 0 Å². The molecule has 5 heteroatoms. The molecule has 4 nitrogen and oxygen atoms in total. The van der Waals surface area contributed by atoms with Crippen molar-refractivity contribution in [1.29, 1.82) is 0 Å². The minimum absolute atomic E-state index is 0.0507. The number of aryl methyl sites for hydroxylation is 1. The predicted octanol–water partition coefficient (Wildman–Crippen LogP) is 1.38. The number of para-hydroxylation sites is 1. The van der Waals surface area contributed by atoms with Crippen LogP contribution in [0.5, 0.6) is 0 Å². The van der Waals surface area contributed by atoms with E-state index in [0.717, 1.165) is 17.7 Å². The van der Waals surface area contributed by atoms with Crippen LogP contribution in [0.2, 0.25) is 0 Å². The lowest BCUT2D eigenvalue weighted by molar-refractivity contribution is 0.585. The number of hydrogen-bond acceptors (Lipinski definition) is 3. The van der Waals surface area contributed by atoms with Gasteiger partial charge in [-0.25, -0.2) is 8.42 Å². The highest BCUT2D eigenvalue weighted by molar-refractivity contribution is 7.92. The van der Waals surface area contributed by atoms with Crippen LogP contribution in [0.25, 0.3) is 0 Å². The molecule has 1 N–H and O–H groups in total. The first-order chi connectivity index (χ1) is 8.56. The van der Waals surface area contributed by atoms with E-state index in [2.05, 4.69) is 5.32 Å². The van der Waals surface area contributed by atoms with Gasteiger partial charge in [0.1, 0.15) is 0 Å². The normalized spacial score (nSPS) is 23.7. The number of sulfonamides is 1. The number of benzene rings is 1. The molecular weight excluding hydrogens is 248 g/mol. The van der Waals surface area contributed by atoms with Crippen LogP contribution in [0, 0.1) is 0 Å². The molecule has 1 aliphatic heterocycles. The van der Waals surface area contributed by atoms with Gasteiger partial charge in [-0.05, 0) is 25.0 Å². The molecular formula is C13H20N2O2S. The number of anilines is 1. The standard InChI is InChI=1S/C13H20N2O2S/c1-3-12-6-4-5-7-13(12)15-11(2)10-14-8-9-18(15,16)17/h4-7,11,14H,3,8-10H2,1-2H3. The van der Waals surface area contributed by atoms with E-state index >= 15 is 0 Å². The Kier molecular flexibility index (Phi) is 3.92. The summed E-state index contributed by atoms with van der Waals surface area (Å²) in [7, 11) is -3.22. The predicted molar refractivity (Wildman–Crippen MR) is 74.4 cm³/mol. The van der Waals surface area contributed by atoms with Gasteiger partial charge in [0.15, 0.2) is 0 Å². The first kappa shape index (κ1) is 13.4. The first-order valence-electron chi connectivity index (χ1n) is 6.37. The summed E-state index contributed by atoms with van der Waals surface area (Å²) in [6.45, 7) is 5.21. The van der Waals surface area contributed by atoms with Crippen molar-refractivity contribution in [1.82, 2.24) is 5.32 Å². The van der Waals surface area contributed by atoms with Gasteiger partial charge in [-0.2, -0.15) is 0 Å². The summed E-state index contributed by atoms with van der Waals surface area (Å²) in [5.41, 5.74) is 1.91. The van der Waals surface area contributed by atoms with E-state index in [1.165, 1.54) is 0 Å². The molecule has 0 saturated carbocycles. The van der Waals surface area contributed by atoms with Gasteiger partial charge >= 0.3 is 0 Å². The molecule has 1 fully saturated rings. The summed E-state index contributed by atoms with van der Waals surface area (Å²) in [4.78, 5) is 0. The van der Waals surface area contributed by atoms with Crippen LogP contribution < -0.4 is 9.62 Å². The minimum Gasteiger partial charge on any atom is -0.314 e. The summed E-state index contributed by atoms with van der Waals surface area (Å²) in [6, 6.07) is 7.70. The summed E-state index contributed by atoms with van der Waals surface area (Å²) >= 11 is 0. The monoisotopic (exact) mass is 268 g/mol. The Hall–Kier alpha value is -1.07. The molecule has 100 valence electrons. The second-order valence-electron chi connectivity index (χ2n) is 4.65. The molecule has 0 aliphatic carbocycles. The molecule has 1 unspecified atom stereocenters. The van der Waals surface area contributed by atoms with Crippen LogP contribution in [-0.4, -0.2) is 33.3 Å². The van der Waals surface area contributed by atoms with E-state index in [1.54, 1.807) is 4.31 Å². The first-order valence-corrected chi connectivity index (χ1v) is 7.98. The zero-order valence-corrected chi connectivity index (χ0v) is 11.7. The van der Waals surface area contributed by atoms with Crippen LogP contribution in [0.15, 0.2) is 24.3 Å². The fourth-order valence-electron chi connectivity index (χ4n) is 2.38. The molecule has 1 aromatic carbocycles. The fourth-order valence-corrected chi connectivity index (χ4v) is 4.08. The highest BCUT2D eigenvalue weighted by Crippen LogP contribution is 2.26. The van der Waals surface area contributed by atoms with Gasteiger partial charge < -0.3 is 5.32 Å². The Bertz CT molecular complexity index is 513. The van der Waals surface area contributed by atoms with Crippen molar-refractivity contribution in [3.05, 3.63) is 29.8 Å². The largest absolute Gasteiger partial charge is 0.314 e. The summed E-state index contributed by atoms with van der Waals surface area (Å²) in [6.07, 6.45) is 0.836. The van der Waals surface area contributed by atoms with E-state index in [4.69, 9.17) is 0 Å². The SMILES string of the molecule is CCc1ccccc1N1C(C)CNCCS1(=O)=O. The molecule has 18 heavy (non-hydrogen) atoms. The van der Waals surface area contributed by atoms with Gasteiger partial charge in [0, 0.05) is 13.1 Å². The van der Waals surface area contributed by atoms with Crippen molar-refractivity contribution in [3.63, 3.8) is 0 Å². The highest BCUT2D eigenvalue weighted by Gasteiger charge is 2.30. The maximum absolute atomic E-state index is 12.4. The third kappa shape index (κ3) is 2.52. The van der Waals surface area contributed by atoms with E-state index in [9.17, 15) is 8.42 Å². The number of nitrogens with one attached hydrogen (secondary N) is 1. The Morgan fingerprint density at radius 3 is 2.83 bits per heavy atom. The maximum atomic E-state index is 12.4. The number of rotatable bonds is 2. The summed E-state index contributed by atoms with van der Waals surface area (Å²) in [5, 5.41) is 3.17. The second kappa shape index (κ2) is 5.28. The zero-order chi connectivity index (χ0) is 13.2. The molecule has 1 heterocycles. The zero-order valence-electron chi connectivity index (χ0n) is 10.9. The van der Waals surface area contributed by atoms with Crippen LogP contribution >= 0.6 is 0 Å². The summed E-state index contributed by atoms with van der Waals surface area (Å²) < 4.78 is 26.3. The average Bonchev–Trinajstić information content (AvgIpc) is 2.47. The smallest absolute Gasteiger partial charge is 0.236 e. The Morgan fingerprint density at radius 2 is 2.11 bits per heavy atom. The molecule has 0 bridgehead atoms. The number of nitrogens with zero attached hydrogens (tertiary/aromatic N) is 1. The Balaban J connectivity index is 2.51. The summed E-state index contributed by atoms with van der Waals surface area (Å²) in [5.74, 6) is 0.162. The van der Waals surface area contributed by atoms with Gasteiger partial charge in [-0.15, -0.1) is 0 Å². The van der Waals surface area contributed by atoms with Gasteiger partial charge in [0.2, 0.25) is 10.0 Å². The lowest BCUT2D eigenvalue weighted by atomic mass is 10.1. The quantitative estimate of drug-likeness (QED) is 0.881. The van der Waals surface area contributed by atoms with Crippen molar-refractivity contribution in [2.24, 2.45) is 0 Å². The molecule has 1 aliphatic rings. The van der Waals surface area contributed by atoms with Crippen LogP contribution in [0.1, 0.15) is 19.4 Å². The molecule has 0 radical (unpaired) electrons. The van der Waals surface area contributed by atoms with Crippen LogP contribution in [-0.2, 0) is 16.4 Å². The van der Waals surface area contributed by atoms with E-state index in [1.807, 2.05) is 38.1 Å². The molecule has 0 spiro atoms. The molecule has 0 aromatic heterocycles. The molecule has 0 amide bonds. The Morgan fingerprint density at radius 1 is 1.39 bits per heavy atom. The minimum atomic E-state index is -3.22. The molecule has 1 atom stereocenters. The number of hydrogen-bond donors (Lipinski definition) is 1. The molecule has 2 rings (SSSR count).